The minimum atomic E-state index is -2.90. The van der Waals surface area contributed by atoms with Gasteiger partial charge in [0.05, 0.1) is 5.69 Å². The third-order valence-corrected chi connectivity index (χ3v) is 1.68. The Hall–Kier alpha value is -1.23. The molecule has 0 spiro atoms. The number of alkyl halides is 2. The van der Waals surface area contributed by atoms with Gasteiger partial charge in [-0.3, -0.25) is 9.59 Å². The van der Waals surface area contributed by atoms with Gasteiger partial charge in [0.2, 0.25) is 0 Å². The number of rotatable bonds is 2. The second kappa shape index (κ2) is 3.66. The summed E-state index contributed by atoms with van der Waals surface area (Å²) in [6.07, 6.45) is -2.69. The zero-order valence-corrected chi connectivity index (χ0v) is 6.94. The van der Waals surface area contributed by atoms with E-state index in [2.05, 4.69) is 0 Å². The molecule has 0 fully saturated rings. The van der Waals surface area contributed by atoms with Gasteiger partial charge in [-0.1, -0.05) is 11.6 Å². The number of H-pyrrole nitrogens is 1. The van der Waals surface area contributed by atoms with Crippen LogP contribution in [0.15, 0.2) is 10.9 Å². The minimum Gasteiger partial charge on any atom is -0.319 e. The summed E-state index contributed by atoms with van der Waals surface area (Å²) in [5.41, 5.74) is -1.84. The van der Waals surface area contributed by atoms with Crippen LogP contribution in [-0.4, -0.2) is 11.3 Å². The fraction of sp³-hybridized carbons (Fsp3) is 0.143. The van der Waals surface area contributed by atoms with Crippen molar-refractivity contribution in [1.29, 1.82) is 0 Å². The maximum atomic E-state index is 12.2. The maximum Gasteiger partial charge on any atom is 0.279 e. The molecule has 0 saturated heterocycles. The first-order valence-electron chi connectivity index (χ1n) is 3.22. The van der Waals surface area contributed by atoms with Crippen LogP contribution in [0.5, 0.6) is 0 Å². The average molecular weight is 208 g/mol. The Bertz CT molecular complexity index is 389. The second-order valence-electron chi connectivity index (χ2n) is 2.23. The standard InChI is InChI=1S/C7H4ClF2NO2/c8-4-1-3(2-12)5(6(9)10)11-7(4)13/h1-2,6H,(H,11,13). The van der Waals surface area contributed by atoms with E-state index in [9.17, 15) is 18.4 Å². The fourth-order valence-corrected chi connectivity index (χ4v) is 0.977. The van der Waals surface area contributed by atoms with Crippen molar-refractivity contribution >= 4 is 17.9 Å². The third-order valence-electron chi connectivity index (χ3n) is 1.40. The molecule has 6 heteroatoms. The summed E-state index contributed by atoms with van der Waals surface area (Å²) in [5, 5.41) is -0.286. The Morgan fingerprint density at radius 3 is 2.62 bits per heavy atom. The van der Waals surface area contributed by atoms with Crippen LogP contribution in [0.1, 0.15) is 22.5 Å². The van der Waals surface area contributed by atoms with Gasteiger partial charge in [-0.2, -0.15) is 0 Å². The van der Waals surface area contributed by atoms with Gasteiger partial charge < -0.3 is 4.98 Å². The molecule has 0 radical (unpaired) electrons. The molecule has 0 aliphatic carbocycles. The SMILES string of the molecule is O=Cc1cc(Cl)c(=O)[nH]c1C(F)F. The summed E-state index contributed by atoms with van der Waals surface area (Å²) >= 11 is 5.32. The van der Waals surface area contributed by atoms with Gasteiger partial charge in [0.1, 0.15) is 5.02 Å². The van der Waals surface area contributed by atoms with E-state index in [0.717, 1.165) is 6.07 Å². The predicted molar refractivity (Wildman–Crippen MR) is 42.4 cm³/mol. The highest BCUT2D eigenvalue weighted by Gasteiger charge is 2.15. The Balaban J connectivity index is 3.41. The molecule has 13 heavy (non-hydrogen) atoms. The van der Waals surface area contributed by atoms with Gasteiger partial charge >= 0.3 is 0 Å². The summed E-state index contributed by atoms with van der Waals surface area (Å²) in [5.74, 6) is 0. The molecule has 0 bridgehead atoms. The van der Waals surface area contributed by atoms with Crippen LogP contribution in [0, 0.1) is 0 Å². The van der Waals surface area contributed by atoms with E-state index < -0.39 is 17.7 Å². The molecular formula is C7H4ClF2NO2. The monoisotopic (exact) mass is 207 g/mol. The van der Waals surface area contributed by atoms with Crippen molar-refractivity contribution in [3.8, 4) is 0 Å². The van der Waals surface area contributed by atoms with E-state index in [1.165, 1.54) is 0 Å². The summed E-state index contributed by atoms with van der Waals surface area (Å²) in [7, 11) is 0. The molecule has 0 aliphatic heterocycles. The maximum absolute atomic E-state index is 12.2. The van der Waals surface area contributed by atoms with E-state index in [4.69, 9.17) is 11.6 Å². The van der Waals surface area contributed by atoms with E-state index in [0.29, 0.717) is 0 Å². The number of carbonyl (C=O) groups excluding carboxylic acids is 1. The number of aromatic nitrogens is 1. The van der Waals surface area contributed by atoms with Crippen LogP contribution in [-0.2, 0) is 0 Å². The number of nitrogens with one attached hydrogen (secondary N) is 1. The zero-order chi connectivity index (χ0) is 10.0. The summed E-state index contributed by atoms with van der Waals surface area (Å²) in [6, 6.07) is 0.912. The van der Waals surface area contributed by atoms with Gasteiger partial charge in [-0.25, -0.2) is 8.78 Å². The Morgan fingerprint density at radius 2 is 2.15 bits per heavy atom. The largest absolute Gasteiger partial charge is 0.319 e. The van der Waals surface area contributed by atoms with Gasteiger partial charge in [-0.05, 0) is 6.07 Å². The number of carbonyl (C=O) groups is 1. The lowest BCUT2D eigenvalue weighted by Gasteiger charge is -2.02. The van der Waals surface area contributed by atoms with Crippen LogP contribution in [0.25, 0.3) is 0 Å². The quantitative estimate of drug-likeness (QED) is 0.752. The van der Waals surface area contributed by atoms with Gasteiger partial charge in [-0.15, -0.1) is 0 Å². The van der Waals surface area contributed by atoms with E-state index in [1.807, 2.05) is 4.98 Å². The van der Waals surface area contributed by atoms with E-state index in [1.54, 1.807) is 0 Å². The molecule has 3 nitrogen and oxygen atoms in total. The summed E-state index contributed by atoms with van der Waals surface area (Å²) in [6.45, 7) is 0. The van der Waals surface area contributed by atoms with Crippen molar-refractivity contribution in [2.45, 2.75) is 6.43 Å². The fourth-order valence-electron chi connectivity index (χ4n) is 0.812. The smallest absolute Gasteiger partial charge is 0.279 e. The third kappa shape index (κ3) is 1.92. The van der Waals surface area contributed by atoms with Crippen LogP contribution < -0.4 is 5.56 Å². The molecule has 0 atom stereocenters. The molecular weight excluding hydrogens is 204 g/mol. The number of aldehydes is 1. The molecule has 0 saturated carbocycles. The molecule has 1 aromatic rings. The normalized spacial score (nSPS) is 10.5. The molecule has 1 N–H and O–H groups in total. The van der Waals surface area contributed by atoms with Crippen LogP contribution in [0.4, 0.5) is 8.78 Å². The van der Waals surface area contributed by atoms with E-state index >= 15 is 0 Å². The Labute approximate surface area is 76.3 Å². The molecule has 0 unspecified atom stereocenters. The van der Waals surface area contributed by atoms with E-state index in [-0.39, 0.29) is 16.9 Å². The van der Waals surface area contributed by atoms with Gasteiger partial charge in [0, 0.05) is 5.56 Å². The van der Waals surface area contributed by atoms with Gasteiger partial charge in [0.15, 0.2) is 6.29 Å². The molecule has 1 rings (SSSR count). The number of halogens is 3. The van der Waals surface area contributed by atoms with Crippen molar-refractivity contribution < 1.29 is 13.6 Å². The molecule has 1 aromatic heterocycles. The minimum absolute atomic E-state index is 0.212. The first-order chi connectivity index (χ1) is 6.06. The molecule has 0 aliphatic rings. The van der Waals surface area contributed by atoms with Crippen LogP contribution >= 0.6 is 11.6 Å². The first kappa shape index (κ1) is 9.85. The lowest BCUT2D eigenvalue weighted by Crippen LogP contribution is -2.12. The zero-order valence-electron chi connectivity index (χ0n) is 6.18. The highest BCUT2D eigenvalue weighted by atomic mass is 35.5. The number of hydrogen-bond acceptors (Lipinski definition) is 2. The van der Waals surface area contributed by atoms with Crippen molar-refractivity contribution in [3.63, 3.8) is 0 Å². The molecule has 1 heterocycles. The van der Waals surface area contributed by atoms with Crippen molar-refractivity contribution in [3.05, 3.63) is 32.7 Å². The first-order valence-corrected chi connectivity index (χ1v) is 3.60. The van der Waals surface area contributed by atoms with Crippen LogP contribution in [0.3, 0.4) is 0 Å². The lowest BCUT2D eigenvalue weighted by molar-refractivity contribution is 0.110. The Kier molecular flexibility index (Phi) is 2.77. The Morgan fingerprint density at radius 1 is 1.54 bits per heavy atom. The number of aromatic amines is 1. The summed E-state index contributed by atoms with van der Waals surface area (Å²) < 4.78 is 24.3. The van der Waals surface area contributed by atoms with Gasteiger partial charge in [0.25, 0.3) is 12.0 Å². The highest BCUT2D eigenvalue weighted by molar-refractivity contribution is 6.30. The number of hydrogen-bond donors (Lipinski definition) is 1. The second-order valence-corrected chi connectivity index (χ2v) is 2.64. The lowest BCUT2D eigenvalue weighted by atomic mass is 10.2. The summed E-state index contributed by atoms with van der Waals surface area (Å²) in [4.78, 5) is 22.9. The van der Waals surface area contributed by atoms with Crippen molar-refractivity contribution in [1.82, 2.24) is 4.98 Å². The molecule has 0 amide bonds. The molecule has 70 valence electrons. The van der Waals surface area contributed by atoms with Crippen LogP contribution in [0.2, 0.25) is 5.02 Å². The predicted octanol–water partition coefficient (Wildman–Crippen LogP) is 1.78. The van der Waals surface area contributed by atoms with Crippen molar-refractivity contribution in [2.24, 2.45) is 0 Å². The highest BCUT2D eigenvalue weighted by Crippen LogP contribution is 2.19. The van der Waals surface area contributed by atoms with Crippen molar-refractivity contribution in [2.75, 3.05) is 0 Å². The number of pyridine rings is 1. The topological polar surface area (TPSA) is 49.9 Å². The average Bonchev–Trinajstić information content (AvgIpc) is 2.08. The molecule has 0 aromatic carbocycles.